The third-order valence-electron chi connectivity index (χ3n) is 6.79. The van der Waals surface area contributed by atoms with Crippen LogP contribution in [0.25, 0.3) is 22.3 Å². The lowest BCUT2D eigenvalue weighted by atomic mass is 9.93. The summed E-state index contributed by atoms with van der Waals surface area (Å²) in [6.45, 7) is 8.23. The largest absolute Gasteiger partial charge is 0.497 e. The molecule has 0 unspecified atom stereocenters. The van der Waals surface area contributed by atoms with Gasteiger partial charge in [-0.15, -0.1) is 0 Å². The zero-order valence-corrected chi connectivity index (χ0v) is 22.5. The van der Waals surface area contributed by atoms with Crippen molar-refractivity contribution < 1.29 is 14.3 Å². The summed E-state index contributed by atoms with van der Waals surface area (Å²) in [6.07, 6.45) is 5.35. The first-order valence-corrected chi connectivity index (χ1v) is 13.5. The standard InChI is InChI=1S/C32H40N2O3/c1-24(2)33-32(35)23-28-20-26(14-15-31(28)27-11-8-12-29(22-27)36-3)25-10-7-13-30(21-25)37-19-9-18-34-16-5-4-6-17-34/h7-8,10-15,20-22,24H,4-6,9,16-19,23H2,1-3H3,(H,33,35). The van der Waals surface area contributed by atoms with Crippen LogP contribution in [0.4, 0.5) is 0 Å². The van der Waals surface area contributed by atoms with E-state index >= 15 is 0 Å². The lowest BCUT2D eigenvalue weighted by molar-refractivity contribution is -0.120. The highest BCUT2D eigenvalue weighted by Crippen LogP contribution is 2.32. The summed E-state index contributed by atoms with van der Waals surface area (Å²) in [7, 11) is 1.67. The Labute approximate surface area is 221 Å². The molecule has 1 amide bonds. The highest BCUT2D eigenvalue weighted by atomic mass is 16.5. The predicted octanol–water partition coefficient (Wildman–Crippen LogP) is 6.35. The highest BCUT2D eigenvalue weighted by molar-refractivity contribution is 5.84. The molecule has 1 aliphatic heterocycles. The molecule has 0 radical (unpaired) electrons. The first-order chi connectivity index (χ1) is 18.0. The third kappa shape index (κ3) is 7.83. The highest BCUT2D eigenvalue weighted by Gasteiger charge is 2.14. The van der Waals surface area contributed by atoms with E-state index in [0.717, 1.165) is 58.9 Å². The molecule has 0 spiro atoms. The van der Waals surface area contributed by atoms with E-state index in [9.17, 15) is 4.79 Å². The molecule has 3 aromatic carbocycles. The molecule has 1 N–H and O–H groups in total. The number of carbonyl (C=O) groups is 1. The number of methoxy groups -OCH3 is 1. The second-order valence-corrected chi connectivity index (χ2v) is 10.1. The minimum Gasteiger partial charge on any atom is -0.497 e. The molecule has 4 rings (SSSR count). The van der Waals surface area contributed by atoms with Crippen molar-refractivity contribution in [2.24, 2.45) is 0 Å². The van der Waals surface area contributed by atoms with E-state index in [2.05, 4.69) is 46.6 Å². The number of nitrogens with one attached hydrogen (secondary N) is 1. The van der Waals surface area contributed by atoms with Crippen molar-refractivity contribution in [2.45, 2.75) is 52.0 Å². The number of likely N-dealkylation sites (tertiary alicyclic amines) is 1. The lowest BCUT2D eigenvalue weighted by Gasteiger charge is -2.26. The summed E-state index contributed by atoms with van der Waals surface area (Å²) < 4.78 is 11.5. The van der Waals surface area contributed by atoms with Gasteiger partial charge in [0.25, 0.3) is 0 Å². The van der Waals surface area contributed by atoms with Gasteiger partial charge >= 0.3 is 0 Å². The van der Waals surface area contributed by atoms with Gasteiger partial charge in [0.15, 0.2) is 0 Å². The summed E-state index contributed by atoms with van der Waals surface area (Å²) in [5.41, 5.74) is 5.20. The molecule has 1 aliphatic rings. The van der Waals surface area contributed by atoms with Crippen LogP contribution in [0.2, 0.25) is 0 Å². The van der Waals surface area contributed by atoms with Crippen LogP contribution in [-0.4, -0.2) is 50.2 Å². The minimum atomic E-state index is 0.0158. The van der Waals surface area contributed by atoms with Crippen molar-refractivity contribution in [3.63, 3.8) is 0 Å². The van der Waals surface area contributed by atoms with Gasteiger partial charge < -0.3 is 19.7 Å². The van der Waals surface area contributed by atoms with Crippen LogP contribution in [0.5, 0.6) is 11.5 Å². The average Bonchev–Trinajstić information content (AvgIpc) is 2.91. The van der Waals surface area contributed by atoms with Crippen molar-refractivity contribution in [1.29, 1.82) is 0 Å². The van der Waals surface area contributed by atoms with E-state index in [-0.39, 0.29) is 11.9 Å². The van der Waals surface area contributed by atoms with Gasteiger partial charge in [-0.3, -0.25) is 4.79 Å². The molecule has 0 bridgehead atoms. The number of rotatable bonds is 11. The van der Waals surface area contributed by atoms with Crippen LogP contribution in [0, 0.1) is 0 Å². The summed E-state index contributed by atoms with van der Waals surface area (Å²) in [5, 5.41) is 3.03. The Bertz CT molecular complexity index is 1170. The molecule has 0 aliphatic carbocycles. The van der Waals surface area contributed by atoms with Gasteiger partial charge in [0, 0.05) is 12.6 Å². The smallest absolute Gasteiger partial charge is 0.224 e. The predicted molar refractivity (Wildman–Crippen MR) is 151 cm³/mol. The zero-order chi connectivity index (χ0) is 26.0. The minimum absolute atomic E-state index is 0.0158. The molecule has 196 valence electrons. The fourth-order valence-electron chi connectivity index (χ4n) is 4.96. The Morgan fingerprint density at radius 2 is 1.59 bits per heavy atom. The normalized spacial score (nSPS) is 13.9. The SMILES string of the molecule is COc1cccc(-c2ccc(-c3cccc(OCCCN4CCCCC4)c3)cc2CC(=O)NC(C)C)c1. The molecule has 37 heavy (non-hydrogen) atoms. The number of piperidine rings is 1. The number of nitrogens with zero attached hydrogens (tertiary/aromatic N) is 1. The quantitative estimate of drug-likeness (QED) is 0.312. The molecule has 5 heteroatoms. The van der Waals surface area contributed by atoms with Crippen LogP contribution < -0.4 is 14.8 Å². The molecule has 0 aromatic heterocycles. The maximum atomic E-state index is 12.7. The Kier molecular flexibility index (Phi) is 9.61. The molecule has 1 fully saturated rings. The topological polar surface area (TPSA) is 50.8 Å². The Morgan fingerprint density at radius 3 is 2.35 bits per heavy atom. The molecular weight excluding hydrogens is 460 g/mol. The number of ether oxygens (including phenoxy) is 2. The van der Waals surface area contributed by atoms with Crippen molar-refractivity contribution in [3.05, 3.63) is 72.3 Å². The van der Waals surface area contributed by atoms with Crippen LogP contribution in [0.15, 0.2) is 66.7 Å². The monoisotopic (exact) mass is 500 g/mol. The van der Waals surface area contributed by atoms with E-state index in [0.29, 0.717) is 6.42 Å². The lowest BCUT2D eigenvalue weighted by Crippen LogP contribution is -2.31. The maximum absolute atomic E-state index is 12.7. The van der Waals surface area contributed by atoms with E-state index in [1.807, 2.05) is 44.2 Å². The Morgan fingerprint density at radius 1 is 0.892 bits per heavy atom. The first-order valence-electron chi connectivity index (χ1n) is 13.5. The average molecular weight is 501 g/mol. The molecule has 1 heterocycles. The van der Waals surface area contributed by atoms with Crippen LogP contribution in [0.1, 0.15) is 45.1 Å². The summed E-state index contributed by atoms with van der Waals surface area (Å²) in [4.78, 5) is 15.3. The van der Waals surface area contributed by atoms with Crippen molar-refractivity contribution in [1.82, 2.24) is 10.2 Å². The van der Waals surface area contributed by atoms with Crippen LogP contribution in [0.3, 0.4) is 0 Å². The van der Waals surface area contributed by atoms with E-state index in [1.165, 1.54) is 32.4 Å². The van der Waals surface area contributed by atoms with E-state index < -0.39 is 0 Å². The van der Waals surface area contributed by atoms with Gasteiger partial charge in [0.1, 0.15) is 11.5 Å². The number of benzene rings is 3. The molecule has 0 saturated carbocycles. The van der Waals surface area contributed by atoms with E-state index in [4.69, 9.17) is 9.47 Å². The van der Waals surface area contributed by atoms with Crippen LogP contribution >= 0.6 is 0 Å². The fraction of sp³-hybridized carbons (Fsp3) is 0.406. The van der Waals surface area contributed by atoms with Crippen molar-refractivity contribution in [3.8, 4) is 33.8 Å². The Hall–Kier alpha value is -3.31. The second kappa shape index (κ2) is 13.3. The first kappa shape index (κ1) is 26.7. The fourth-order valence-corrected chi connectivity index (χ4v) is 4.96. The van der Waals surface area contributed by atoms with Gasteiger partial charge in [0.2, 0.25) is 5.91 Å². The molecule has 5 nitrogen and oxygen atoms in total. The van der Waals surface area contributed by atoms with Gasteiger partial charge in [-0.2, -0.15) is 0 Å². The maximum Gasteiger partial charge on any atom is 0.224 e. The summed E-state index contributed by atoms with van der Waals surface area (Å²) in [6, 6.07) is 22.7. The summed E-state index contributed by atoms with van der Waals surface area (Å²) in [5.74, 6) is 1.69. The van der Waals surface area contributed by atoms with Gasteiger partial charge in [-0.05, 0) is 98.3 Å². The third-order valence-corrected chi connectivity index (χ3v) is 6.79. The molecule has 3 aromatic rings. The Balaban J connectivity index is 1.52. The van der Waals surface area contributed by atoms with Gasteiger partial charge in [-0.25, -0.2) is 0 Å². The number of hydrogen-bond donors (Lipinski definition) is 1. The van der Waals surface area contributed by atoms with E-state index in [1.54, 1.807) is 7.11 Å². The van der Waals surface area contributed by atoms with Crippen LogP contribution in [-0.2, 0) is 11.2 Å². The molecular formula is C32H40N2O3. The van der Waals surface area contributed by atoms with Gasteiger partial charge in [0.05, 0.1) is 20.1 Å². The van der Waals surface area contributed by atoms with Crippen molar-refractivity contribution in [2.75, 3.05) is 33.4 Å². The van der Waals surface area contributed by atoms with Crippen molar-refractivity contribution >= 4 is 5.91 Å². The number of amides is 1. The molecule has 0 atom stereocenters. The van der Waals surface area contributed by atoms with Gasteiger partial charge in [-0.1, -0.05) is 48.9 Å². The molecule has 1 saturated heterocycles. The second-order valence-electron chi connectivity index (χ2n) is 10.1. The number of hydrogen-bond acceptors (Lipinski definition) is 4. The zero-order valence-electron chi connectivity index (χ0n) is 22.5. The number of carbonyl (C=O) groups excluding carboxylic acids is 1. The summed E-state index contributed by atoms with van der Waals surface area (Å²) >= 11 is 0.